The van der Waals surface area contributed by atoms with Gasteiger partial charge in [0.15, 0.2) is 0 Å². The predicted molar refractivity (Wildman–Crippen MR) is 98.7 cm³/mol. The number of rotatable bonds is 5. The molecule has 3 aromatic rings. The molecule has 0 N–H and O–H groups in total. The monoisotopic (exact) mass is 357 g/mol. The van der Waals surface area contributed by atoms with Crippen molar-refractivity contribution < 1.29 is 17.5 Å². The number of fused-ring (bicyclic) bond motifs is 2. The number of carbonyl (C=O) groups is 1. The third-order valence-corrected chi connectivity index (χ3v) is 5.28. The van der Waals surface area contributed by atoms with E-state index in [4.69, 9.17) is 4.28 Å². The number of nitrogens with zero attached hydrogens (tertiary/aromatic N) is 1. The van der Waals surface area contributed by atoms with Gasteiger partial charge in [-0.2, -0.15) is 8.42 Å². The van der Waals surface area contributed by atoms with Gasteiger partial charge in [0.05, 0.1) is 5.75 Å². The van der Waals surface area contributed by atoms with Crippen molar-refractivity contribution >= 4 is 37.6 Å². The SMILES string of the molecule is CCCS(=O)(=O)ON(C)C(=O)c1ccc2cc3ccccc3cc2c1. The maximum absolute atomic E-state index is 12.5. The summed E-state index contributed by atoms with van der Waals surface area (Å²) in [7, 11) is -2.44. The van der Waals surface area contributed by atoms with Crippen molar-refractivity contribution in [1.29, 1.82) is 0 Å². The van der Waals surface area contributed by atoms with Crippen LogP contribution in [0.2, 0.25) is 0 Å². The van der Waals surface area contributed by atoms with Crippen LogP contribution in [0, 0.1) is 0 Å². The minimum absolute atomic E-state index is 0.131. The number of hydroxylamine groups is 2. The third-order valence-electron chi connectivity index (χ3n) is 3.92. The molecule has 5 nitrogen and oxygen atoms in total. The summed E-state index contributed by atoms with van der Waals surface area (Å²) < 4.78 is 28.3. The molecular formula is C19H19NO4S. The summed E-state index contributed by atoms with van der Waals surface area (Å²) in [6.45, 7) is 1.73. The number of carbonyl (C=O) groups excluding carboxylic acids is 1. The van der Waals surface area contributed by atoms with Crippen LogP contribution in [0.25, 0.3) is 21.5 Å². The molecule has 3 aromatic carbocycles. The fourth-order valence-corrected chi connectivity index (χ4v) is 3.73. The van der Waals surface area contributed by atoms with Crippen molar-refractivity contribution in [2.24, 2.45) is 0 Å². The molecule has 0 aliphatic carbocycles. The molecule has 0 heterocycles. The summed E-state index contributed by atoms with van der Waals surface area (Å²) in [5.74, 6) is -0.635. The Balaban J connectivity index is 1.92. The highest BCUT2D eigenvalue weighted by Gasteiger charge is 2.20. The summed E-state index contributed by atoms with van der Waals surface area (Å²) in [6, 6.07) is 17.3. The van der Waals surface area contributed by atoms with Gasteiger partial charge in [0.2, 0.25) is 0 Å². The van der Waals surface area contributed by atoms with Crippen LogP contribution in [0.1, 0.15) is 23.7 Å². The van der Waals surface area contributed by atoms with Gasteiger partial charge >= 0.3 is 0 Å². The van der Waals surface area contributed by atoms with Crippen molar-refractivity contribution in [2.75, 3.05) is 12.8 Å². The molecule has 0 aromatic heterocycles. The summed E-state index contributed by atoms with van der Waals surface area (Å²) in [4.78, 5) is 12.5. The van der Waals surface area contributed by atoms with Gasteiger partial charge in [-0.15, -0.1) is 4.28 Å². The van der Waals surface area contributed by atoms with E-state index in [1.54, 1.807) is 19.1 Å². The molecule has 0 spiro atoms. The molecule has 0 fully saturated rings. The first-order chi connectivity index (χ1) is 11.9. The smallest absolute Gasteiger partial charge is 0.267 e. The van der Waals surface area contributed by atoms with Gasteiger partial charge < -0.3 is 0 Å². The first kappa shape index (κ1) is 17.4. The lowest BCUT2D eigenvalue weighted by molar-refractivity contribution is -0.00872. The van der Waals surface area contributed by atoms with Gasteiger partial charge in [0, 0.05) is 12.6 Å². The Hall–Kier alpha value is -2.44. The largest absolute Gasteiger partial charge is 0.288 e. The third kappa shape index (κ3) is 3.81. The minimum atomic E-state index is -3.75. The molecule has 0 aliphatic heterocycles. The molecule has 0 bridgehead atoms. The number of hydrogen-bond acceptors (Lipinski definition) is 4. The van der Waals surface area contributed by atoms with Crippen molar-refractivity contribution in [3.63, 3.8) is 0 Å². The van der Waals surface area contributed by atoms with E-state index in [9.17, 15) is 13.2 Å². The molecule has 1 amide bonds. The fraction of sp³-hybridized carbons (Fsp3) is 0.211. The van der Waals surface area contributed by atoms with Gasteiger partial charge in [-0.25, -0.2) is 5.06 Å². The normalized spacial score (nSPS) is 11.8. The average molecular weight is 357 g/mol. The van der Waals surface area contributed by atoms with Gasteiger partial charge in [-0.3, -0.25) is 4.79 Å². The molecule has 25 heavy (non-hydrogen) atoms. The van der Waals surface area contributed by atoms with Crippen LogP contribution in [-0.2, 0) is 14.4 Å². The van der Waals surface area contributed by atoms with Crippen LogP contribution in [0.4, 0.5) is 0 Å². The van der Waals surface area contributed by atoms with Crippen molar-refractivity contribution in [1.82, 2.24) is 5.06 Å². The van der Waals surface area contributed by atoms with Gasteiger partial charge in [0.1, 0.15) is 0 Å². The second-order valence-electron chi connectivity index (χ2n) is 5.90. The maximum Gasteiger partial charge on any atom is 0.288 e. The molecular weight excluding hydrogens is 338 g/mol. The van der Waals surface area contributed by atoms with E-state index in [0.29, 0.717) is 12.0 Å². The summed E-state index contributed by atoms with van der Waals surface area (Å²) >= 11 is 0. The second-order valence-corrected chi connectivity index (χ2v) is 7.57. The maximum atomic E-state index is 12.5. The van der Waals surface area contributed by atoms with Crippen molar-refractivity contribution in [2.45, 2.75) is 13.3 Å². The molecule has 3 rings (SSSR count). The van der Waals surface area contributed by atoms with E-state index in [1.807, 2.05) is 36.4 Å². The molecule has 0 atom stereocenters. The molecule has 130 valence electrons. The highest BCUT2D eigenvalue weighted by Crippen LogP contribution is 2.24. The first-order valence-corrected chi connectivity index (χ1v) is 9.60. The highest BCUT2D eigenvalue weighted by molar-refractivity contribution is 7.86. The van der Waals surface area contributed by atoms with Gasteiger partial charge in [-0.1, -0.05) is 37.3 Å². The lowest BCUT2D eigenvalue weighted by Gasteiger charge is -2.16. The van der Waals surface area contributed by atoms with Gasteiger partial charge in [-0.05, 0) is 52.2 Å². The standard InChI is InChI=1S/C19H19NO4S/c1-3-10-25(22,23)24-20(2)19(21)17-9-8-16-11-14-6-4-5-7-15(14)12-18(16)13-17/h4-9,11-13H,3,10H2,1-2H3. The zero-order chi connectivity index (χ0) is 18.0. The summed E-state index contributed by atoms with van der Waals surface area (Å²) in [5, 5.41) is 4.90. The minimum Gasteiger partial charge on any atom is -0.267 e. The quantitative estimate of drug-likeness (QED) is 0.515. The van der Waals surface area contributed by atoms with Crippen LogP contribution in [-0.4, -0.2) is 32.2 Å². The van der Waals surface area contributed by atoms with E-state index in [2.05, 4.69) is 6.07 Å². The first-order valence-electron chi connectivity index (χ1n) is 8.02. The molecule has 0 aliphatic rings. The van der Waals surface area contributed by atoms with Crippen LogP contribution in [0.15, 0.2) is 54.6 Å². The number of benzene rings is 3. The molecule has 0 saturated carbocycles. The predicted octanol–water partition coefficient (Wildman–Crippen LogP) is 3.74. The fourth-order valence-electron chi connectivity index (χ4n) is 2.75. The molecule has 0 unspecified atom stereocenters. The lowest BCUT2D eigenvalue weighted by atomic mass is 10.0. The number of hydrogen-bond donors (Lipinski definition) is 0. The second kappa shape index (κ2) is 6.82. The van der Waals surface area contributed by atoms with Crippen LogP contribution < -0.4 is 0 Å². The highest BCUT2D eigenvalue weighted by atomic mass is 32.2. The van der Waals surface area contributed by atoms with E-state index < -0.39 is 16.0 Å². The Labute approximate surface area is 146 Å². The average Bonchev–Trinajstić information content (AvgIpc) is 2.58. The summed E-state index contributed by atoms with van der Waals surface area (Å²) in [5.41, 5.74) is 0.372. The number of amides is 1. The van der Waals surface area contributed by atoms with E-state index in [-0.39, 0.29) is 5.75 Å². The summed E-state index contributed by atoms with van der Waals surface area (Å²) in [6.07, 6.45) is 0.424. The van der Waals surface area contributed by atoms with Gasteiger partial charge in [0.25, 0.3) is 16.0 Å². The Bertz CT molecular complexity index is 1040. The zero-order valence-corrected chi connectivity index (χ0v) is 14.9. The molecule has 6 heteroatoms. The molecule has 0 radical (unpaired) electrons. The zero-order valence-electron chi connectivity index (χ0n) is 14.1. The Morgan fingerprint density at radius 3 is 2.20 bits per heavy atom. The van der Waals surface area contributed by atoms with E-state index in [1.165, 1.54) is 7.05 Å². The van der Waals surface area contributed by atoms with Crippen LogP contribution >= 0.6 is 0 Å². The van der Waals surface area contributed by atoms with Crippen LogP contribution in [0.5, 0.6) is 0 Å². The van der Waals surface area contributed by atoms with Crippen molar-refractivity contribution in [3.8, 4) is 0 Å². The van der Waals surface area contributed by atoms with E-state index >= 15 is 0 Å². The Morgan fingerprint density at radius 1 is 0.960 bits per heavy atom. The van der Waals surface area contributed by atoms with Crippen LogP contribution in [0.3, 0.4) is 0 Å². The van der Waals surface area contributed by atoms with E-state index in [0.717, 1.165) is 26.6 Å². The Kier molecular flexibility index (Phi) is 4.74. The Morgan fingerprint density at radius 2 is 1.56 bits per heavy atom. The van der Waals surface area contributed by atoms with Crippen molar-refractivity contribution in [3.05, 3.63) is 60.2 Å². The topological polar surface area (TPSA) is 63.7 Å². The lowest BCUT2D eigenvalue weighted by Crippen LogP contribution is -2.30. The molecule has 0 saturated heterocycles.